The number of ether oxygens (including phenoxy) is 1. The molecule has 0 atom stereocenters. The molecule has 3 rings (SSSR count). The van der Waals surface area contributed by atoms with Gasteiger partial charge in [-0.3, -0.25) is 9.21 Å². The van der Waals surface area contributed by atoms with Crippen LogP contribution in [0.3, 0.4) is 0 Å². The van der Waals surface area contributed by atoms with Gasteiger partial charge in [-0.15, -0.1) is 0 Å². The number of nitrogens with zero attached hydrogens (tertiary/aromatic N) is 3. The fourth-order valence-corrected chi connectivity index (χ4v) is 4.76. The highest BCUT2D eigenvalue weighted by molar-refractivity contribution is 7.92. The van der Waals surface area contributed by atoms with Crippen LogP contribution in [0.5, 0.6) is 0 Å². The van der Waals surface area contributed by atoms with E-state index in [-0.39, 0.29) is 11.0 Å². The Hall–Kier alpha value is -2.81. The van der Waals surface area contributed by atoms with Gasteiger partial charge in [0.15, 0.2) is 0 Å². The lowest BCUT2D eigenvalue weighted by Crippen LogP contribution is -2.50. The van der Waals surface area contributed by atoms with Crippen LogP contribution in [0, 0.1) is 0 Å². The fourth-order valence-electron chi connectivity index (χ4n) is 3.32. The number of aromatic nitrogens is 1. The van der Waals surface area contributed by atoms with Crippen molar-refractivity contribution in [1.82, 2.24) is 4.90 Å². The molecule has 2 aromatic rings. The number of carbonyl (C=O) groups is 1. The Labute approximate surface area is 171 Å². The van der Waals surface area contributed by atoms with Crippen LogP contribution in [-0.2, 0) is 14.8 Å². The summed E-state index contributed by atoms with van der Waals surface area (Å²) in [6, 6.07) is 12.4. The molecule has 1 aliphatic rings. The van der Waals surface area contributed by atoms with Crippen LogP contribution in [0.4, 0.5) is 16.3 Å². The van der Waals surface area contributed by atoms with Gasteiger partial charge in [-0.2, -0.15) is 0 Å². The number of pyridine rings is 1. The van der Waals surface area contributed by atoms with Crippen molar-refractivity contribution in [3.05, 3.63) is 48.7 Å². The summed E-state index contributed by atoms with van der Waals surface area (Å²) in [7, 11) is -3.66. The zero-order valence-corrected chi connectivity index (χ0v) is 17.6. The van der Waals surface area contributed by atoms with Crippen molar-refractivity contribution in [2.45, 2.75) is 18.7 Å². The van der Waals surface area contributed by atoms with E-state index in [9.17, 15) is 13.2 Å². The maximum atomic E-state index is 13.1. The highest BCUT2D eigenvalue weighted by atomic mass is 32.2. The molecule has 1 aliphatic heterocycles. The minimum atomic E-state index is -3.66. The zero-order chi connectivity index (χ0) is 20.9. The Balaban J connectivity index is 1.71. The largest absolute Gasteiger partial charge is 0.450 e. The molecule has 1 amide bonds. The molecular weight excluding hydrogens is 392 g/mol. The first-order chi connectivity index (χ1) is 14.0. The van der Waals surface area contributed by atoms with Crippen molar-refractivity contribution >= 4 is 27.6 Å². The van der Waals surface area contributed by atoms with Crippen LogP contribution in [-0.4, -0.2) is 58.7 Å². The predicted molar refractivity (Wildman–Crippen MR) is 110 cm³/mol. The molecule has 1 aromatic carbocycles. The highest BCUT2D eigenvalue weighted by Crippen LogP contribution is 2.23. The average molecular weight is 420 g/mol. The molecule has 1 fully saturated rings. The number of benzene rings is 1. The maximum absolute atomic E-state index is 13.1. The van der Waals surface area contributed by atoms with Crippen molar-refractivity contribution in [1.29, 1.82) is 0 Å². The minimum absolute atomic E-state index is 0.206. The van der Waals surface area contributed by atoms with Crippen molar-refractivity contribution in [3.8, 4) is 0 Å². The molecule has 0 saturated carbocycles. The van der Waals surface area contributed by atoms with Crippen LogP contribution in [0.1, 0.15) is 13.8 Å². The lowest BCUT2D eigenvalue weighted by molar-refractivity contribution is -0.367. The van der Waals surface area contributed by atoms with E-state index in [4.69, 9.17) is 4.74 Å². The molecule has 0 aliphatic carbocycles. The number of hydrogen-bond acceptors (Lipinski definition) is 5. The van der Waals surface area contributed by atoms with Gasteiger partial charge in [0.2, 0.25) is 0 Å². The van der Waals surface area contributed by atoms with Crippen molar-refractivity contribution in [3.63, 3.8) is 0 Å². The van der Waals surface area contributed by atoms with Crippen LogP contribution in [0.15, 0.2) is 53.6 Å². The number of piperazine rings is 1. The number of carbonyl (C=O) groups excluding carboxylic acids is 1. The molecule has 29 heavy (non-hydrogen) atoms. The van der Waals surface area contributed by atoms with Gasteiger partial charge in [-0.05, 0) is 32.0 Å². The molecule has 0 radical (unpaired) electrons. The van der Waals surface area contributed by atoms with Crippen molar-refractivity contribution in [2.75, 3.05) is 48.5 Å². The normalized spacial score (nSPS) is 14.6. The molecule has 1 saturated heterocycles. The summed E-state index contributed by atoms with van der Waals surface area (Å²) in [5, 5.41) is 0. The summed E-state index contributed by atoms with van der Waals surface area (Å²) in [5.41, 5.74) is 0.633. The lowest BCUT2D eigenvalue weighted by atomic mass is 10.3. The number of rotatable bonds is 6. The molecule has 9 heteroatoms. The van der Waals surface area contributed by atoms with Crippen molar-refractivity contribution in [2.24, 2.45) is 0 Å². The number of nitrogens with one attached hydrogen (secondary N) is 1. The van der Waals surface area contributed by atoms with Crippen LogP contribution < -0.4 is 14.2 Å². The average Bonchev–Trinajstić information content (AvgIpc) is 2.75. The van der Waals surface area contributed by atoms with Gasteiger partial charge in [0, 0.05) is 12.6 Å². The van der Waals surface area contributed by atoms with E-state index in [1.165, 1.54) is 10.5 Å². The molecule has 0 spiro atoms. The summed E-state index contributed by atoms with van der Waals surface area (Å²) in [5.74, 6) is 0.815. The molecule has 2 heterocycles. The Bertz CT molecular complexity index is 911. The first-order valence-corrected chi connectivity index (χ1v) is 11.2. The summed E-state index contributed by atoms with van der Waals surface area (Å²) >= 11 is 0. The molecular formula is C20H27N4O4S+. The quantitative estimate of drug-likeness (QED) is 0.715. The van der Waals surface area contributed by atoms with E-state index in [0.29, 0.717) is 45.0 Å². The molecule has 0 unspecified atom stereocenters. The SMILES string of the molecule is CCOC(=O)N1CCN(c2ccc(S(=O)(=O)N(CC)c3ccccc3)c[nH+]2)CC1. The monoisotopic (exact) mass is 419 g/mol. The van der Waals surface area contributed by atoms with E-state index in [1.54, 1.807) is 36.1 Å². The van der Waals surface area contributed by atoms with Crippen LogP contribution >= 0.6 is 0 Å². The minimum Gasteiger partial charge on any atom is -0.450 e. The van der Waals surface area contributed by atoms with Gasteiger partial charge in [0.1, 0.15) is 24.2 Å². The second-order valence-electron chi connectivity index (χ2n) is 6.59. The Kier molecular flexibility index (Phi) is 6.58. The molecule has 8 nitrogen and oxygen atoms in total. The first-order valence-electron chi connectivity index (χ1n) is 9.73. The standard InChI is InChI=1S/C20H26N4O4S/c1-3-24(17-8-6-5-7-9-17)29(26,27)18-10-11-19(21-16-18)22-12-14-23(15-13-22)20(25)28-4-2/h5-11,16H,3-4,12-15H2,1-2H3/p+1. The second kappa shape index (κ2) is 9.13. The third-order valence-electron chi connectivity index (χ3n) is 4.83. The van der Waals surface area contributed by atoms with E-state index < -0.39 is 10.0 Å². The molecule has 0 bridgehead atoms. The molecule has 1 N–H and O–H groups in total. The smallest absolute Gasteiger partial charge is 0.410 e. The summed E-state index contributed by atoms with van der Waals surface area (Å²) < 4.78 is 32.5. The van der Waals surface area contributed by atoms with Gasteiger partial charge in [0.05, 0.1) is 25.4 Å². The van der Waals surface area contributed by atoms with Gasteiger partial charge in [-0.25, -0.2) is 18.2 Å². The fraction of sp³-hybridized carbons (Fsp3) is 0.400. The van der Waals surface area contributed by atoms with Crippen molar-refractivity contribution < 1.29 is 22.9 Å². The number of para-hydroxylation sites is 1. The Morgan fingerprint density at radius 1 is 1.07 bits per heavy atom. The number of anilines is 2. The number of H-pyrrole nitrogens is 1. The van der Waals surface area contributed by atoms with Gasteiger partial charge < -0.3 is 9.64 Å². The second-order valence-corrected chi connectivity index (χ2v) is 8.45. The number of aromatic amines is 1. The summed E-state index contributed by atoms with van der Waals surface area (Å²) in [6.45, 7) is 6.71. The topological polar surface area (TPSA) is 84.3 Å². The predicted octanol–water partition coefficient (Wildman–Crippen LogP) is 1.99. The third-order valence-corrected chi connectivity index (χ3v) is 6.73. The molecule has 1 aromatic heterocycles. The summed E-state index contributed by atoms with van der Waals surface area (Å²) in [4.78, 5) is 18.9. The number of hydrogen-bond donors (Lipinski definition) is 0. The first kappa shape index (κ1) is 20.9. The van der Waals surface area contributed by atoms with E-state index in [2.05, 4.69) is 9.88 Å². The van der Waals surface area contributed by atoms with E-state index >= 15 is 0 Å². The molecule has 156 valence electrons. The third kappa shape index (κ3) is 4.61. The Morgan fingerprint density at radius 2 is 1.76 bits per heavy atom. The van der Waals surface area contributed by atoms with Crippen LogP contribution in [0.25, 0.3) is 0 Å². The maximum Gasteiger partial charge on any atom is 0.410 e. The Morgan fingerprint density at radius 3 is 2.31 bits per heavy atom. The lowest BCUT2D eigenvalue weighted by Gasteiger charge is -2.30. The van der Waals surface area contributed by atoms with Gasteiger partial charge in [-0.1, -0.05) is 18.2 Å². The van der Waals surface area contributed by atoms with Gasteiger partial charge in [0.25, 0.3) is 15.8 Å². The zero-order valence-electron chi connectivity index (χ0n) is 16.7. The summed E-state index contributed by atoms with van der Waals surface area (Å²) in [6.07, 6.45) is 1.23. The van der Waals surface area contributed by atoms with E-state index in [0.717, 1.165) is 5.82 Å². The highest BCUT2D eigenvalue weighted by Gasteiger charge is 2.29. The van der Waals surface area contributed by atoms with Crippen LogP contribution in [0.2, 0.25) is 0 Å². The number of sulfonamides is 1. The van der Waals surface area contributed by atoms with Gasteiger partial charge >= 0.3 is 6.09 Å². The number of amides is 1. The van der Waals surface area contributed by atoms with E-state index in [1.807, 2.05) is 25.1 Å².